The van der Waals surface area contributed by atoms with Gasteiger partial charge in [0.15, 0.2) is 0 Å². The zero-order chi connectivity index (χ0) is 17.0. The lowest BCUT2D eigenvalue weighted by atomic mass is 10.1. The van der Waals surface area contributed by atoms with Gasteiger partial charge in [0, 0.05) is 31.3 Å². The van der Waals surface area contributed by atoms with Crippen LogP contribution in [-0.4, -0.2) is 48.1 Å². The van der Waals surface area contributed by atoms with Crippen LogP contribution in [0.2, 0.25) is 5.02 Å². The Kier molecular flexibility index (Phi) is 5.38. The molecule has 0 aromatic heterocycles. The van der Waals surface area contributed by atoms with Gasteiger partial charge in [-0.3, -0.25) is 14.9 Å². The molecule has 0 bridgehead atoms. The maximum absolute atomic E-state index is 12.3. The minimum absolute atomic E-state index is 0.0380. The normalized spacial score (nSPS) is 17.5. The lowest BCUT2D eigenvalue weighted by Gasteiger charge is -2.32. The van der Waals surface area contributed by atoms with Crippen LogP contribution in [0.4, 0.5) is 10.5 Å². The second-order valence-corrected chi connectivity index (χ2v) is 5.56. The molecule has 9 heteroatoms. The molecule has 1 N–H and O–H groups in total. The molecular weight excluding hydrogens is 326 g/mol. The monoisotopic (exact) mass is 341 g/mol. The molecule has 0 aliphatic carbocycles. The van der Waals surface area contributed by atoms with Gasteiger partial charge in [0.25, 0.3) is 11.6 Å². The highest BCUT2D eigenvalue weighted by molar-refractivity contribution is 6.33. The minimum Gasteiger partial charge on any atom is -0.453 e. The van der Waals surface area contributed by atoms with Gasteiger partial charge in [0.2, 0.25) is 0 Å². The number of carbonyl (C=O) groups is 2. The van der Waals surface area contributed by atoms with E-state index in [-0.39, 0.29) is 22.3 Å². The summed E-state index contributed by atoms with van der Waals surface area (Å²) < 4.78 is 4.67. The zero-order valence-electron chi connectivity index (χ0n) is 12.5. The van der Waals surface area contributed by atoms with Crippen LogP contribution in [0.3, 0.4) is 0 Å². The summed E-state index contributed by atoms with van der Waals surface area (Å²) in [6, 6.07) is 3.43. The van der Waals surface area contributed by atoms with Crippen LogP contribution >= 0.6 is 11.6 Å². The van der Waals surface area contributed by atoms with Crippen molar-refractivity contribution in [3.63, 3.8) is 0 Å². The van der Waals surface area contributed by atoms with Crippen molar-refractivity contribution < 1.29 is 19.2 Å². The van der Waals surface area contributed by atoms with Gasteiger partial charge in [-0.1, -0.05) is 11.6 Å². The summed E-state index contributed by atoms with van der Waals surface area (Å²) in [4.78, 5) is 35.6. The zero-order valence-corrected chi connectivity index (χ0v) is 13.2. The number of carbonyl (C=O) groups excluding carboxylic acids is 2. The van der Waals surface area contributed by atoms with Gasteiger partial charge in [-0.15, -0.1) is 0 Å². The smallest absolute Gasteiger partial charge is 0.409 e. The molecule has 8 nitrogen and oxygen atoms in total. The summed E-state index contributed by atoms with van der Waals surface area (Å²) in [7, 11) is 1.30. The number of likely N-dealkylation sites (tertiary alicyclic amines) is 1. The molecule has 124 valence electrons. The van der Waals surface area contributed by atoms with Gasteiger partial charge < -0.3 is 15.0 Å². The van der Waals surface area contributed by atoms with E-state index in [0.29, 0.717) is 19.5 Å². The predicted molar refractivity (Wildman–Crippen MR) is 82.6 cm³/mol. The van der Waals surface area contributed by atoms with E-state index in [1.54, 1.807) is 0 Å². The van der Waals surface area contributed by atoms with Gasteiger partial charge in [0.05, 0.1) is 22.6 Å². The lowest BCUT2D eigenvalue weighted by Crippen LogP contribution is -2.49. The van der Waals surface area contributed by atoms with Crippen LogP contribution in [0.15, 0.2) is 18.2 Å². The second-order valence-electron chi connectivity index (χ2n) is 5.15. The van der Waals surface area contributed by atoms with E-state index in [2.05, 4.69) is 10.1 Å². The summed E-state index contributed by atoms with van der Waals surface area (Å²) in [6.07, 6.45) is 0.978. The first kappa shape index (κ1) is 17.0. The number of ether oxygens (including phenoxy) is 1. The average molecular weight is 342 g/mol. The first-order chi connectivity index (χ1) is 10.9. The minimum atomic E-state index is -0.591. The van der Waals surface area contributed by atoms with Crippen molar-refractivity contribution in [1.82, 2.24) is 10.2 Å². The van der Waals surface area contributed by atoms with Gasteiger partial charge in [-0.2, -0.15) is 0 Å². The van der Waals surface area contributed by atoms with Crippen LogP contribution in [0.5, 0.6) is 0 Å². The first-order valence-corrected chi connectivity index (χ1v) is 7.38. The average Bonchev–Trinajstić information content (AvgIpc) is 2.54. The third kappa shape index (κ3) is 4.10. The summed E-state index contributed by atoms with van der Waals surface area (Å²) in [5.74, 6) is -0.504. The number of piperidine rings is 1. The predicted octanol–water partition coefficient (Wildman–Crippen LogP) is 2.21. The molecule has 1 heterocycles. The molecule has 1 aliphatic rings. The molecule has 1 unspecified atom stereocenters. The van der Waals surface area contributed by atoms with Gasteiger partial charge in [-0.05, 0) is 18.9 Å². The Morgan fingerprint density at radius 1 is 1.48 bits per heavy atom. The molecule has 23 heavy (non-hydrogen) atoms. The van der Waals surface area contributed by atoms with E-state index < -0.39 is 16.9 Å². The van der Waals surface area contributed by atoms with Crippen molar-refractivity contribution in [3.05, 3.63) is 38.9 Å². The van der Waals surface area contributed by atoms with Gasteiger partial charge in [-0.25, -0.2) is 4.79 Å². The van der Waals surface area contributed by atoms with Gasteiger partial charge >= 0.3 is 6.09 Å². The van der Waals surface area contributed by atoms with Crippen LogP contribution in [0.1, 0.15) is 23.2 Å². The molecule has 1 fully saturated rings. The number of non-ortho nitro benzene ring substituents is 1. The van der Waals surface area contributed by atoms with E-state index in [9.17, 15) is 19.7 Å². The third-order valence-electron chi connectivity index (χ3n) is 3.59. The SMILES string of the molecule is COC(=O)N1CCCC(NC(=O)c2cc([N+](=O)[O-])ccc2Cl)C1. The van der Waals surface area contributed by atoms with Crippen molar-refractivity contribution in [2.24, 2.45) is 0 Å². The summed E-state index contributed by atoms with van der Waals surface area (Å²) in [5, 5.41) is 13.7. The standard InChI is InChI=1S/C14H16ClN3O5/c1-23-14(20)17-6-2-3-9(8-17)16-13(19)11-7-10(18(21)22)4-5-12(11)15/h4-5,7,9H,2-3,6,8H2,1H3,(H,16,19). The quantitative estimate of drug-likeness (QED) is 0.670. The number of nitro groups is 1. The summed E-state index contributed by atoms with van der Waals surface area (Å²) in [6.45, 7) is 0.890. The van der Waals surface area contributed by atoms with Crippen molar-refractivity contribution in [2.75, 3.05) is 20.2 Å². The van der Waals surface area contributed by atoms with E-state index in [1.165, 1.54) is 24.1 Å². The number of benzene rings is 1. The molecule has 1 saturated heterocycles. The summed E-state index contributed by atoms with van der Waals surface area (Å²) >= 11 is 5.95. The Hall–Kier alpha value is -2.35. The molecule has 0 saturated carbocycles. The van der Waals surface area contributed by atoms with Crippen molar-refractivity contribution in [3.8, 4) is 0 Å². The Bertz CT molecular complexity index is 637. The van der Waals surface area contributed by atoms with E-state index in [1.807, 2.05) is 0 Å². The Labute approximate surface area is 137 Å². The van der Waals surface area contributed by atoms with E-state index in [4.69, 9.17) is 11.6 Å². The Morgan fingerprint density at radius 3 is 2.87 bits per heavy atom. The number of halogens is 1. The maximum Gasteiger partial charge on any atom is 0.409 e. The molecule has 1 aromatic carbocycles. The van der Waals surface area contributed by atoms with Crippen molar-refractivity contribution in [1.29, 1.82) is 0 Å². The summed E-state index contributed by atoms with van der Waals surface area (Å²) in [5.41, 5.74) is -0.171. The van der Waals surface area contributed by atoms with Crippen molar-refractivity contribution in [2.45, 2.75) is 18.9 Å². The van der Waals surface area contributed by atoms with Crippen LogP contribution in [0, 0.1) is 10.1 Å². The molecule has 1 aromatic rings. The third-order valence-corrected chi connectivity index (χ3v) is 3.92. The van der Waals surface area contributed by atoms with Crippen LogP contribution < -0.4 is 5.32 Å². The number of hydrogen-bond acceptors (Lipinski definition) is 5. The fourth-order valence-corrected chi connectivity index (χ4v) is 2.66. The Balaban J connectivity index is 2.08. The topological polar surface area (TPSA) is 102 Å². The van der Waals surface area contributed by atoms with Crippen LogP contribution in [-0.2, 0) is 4.74 Å². The number of hydrogen-bond donors (Lipinski definition) is 1. The van der Waals surface area contributed by atoms with Gasteiger partial charge in [0.1, 0.15) is 0 Å². The highest BCUT2D eigenvalue weighted by Crippen LogP contribution is 2.22. The Morgan fingerprint density at radius 2 is 2.22 bits per heavy atom. The fraction of sp³-hybridized carbons (Fsp3) is 0.429. The lowest BCUT2D eigenvalue weighted by molar-refractivity contribution is -0.384. The number of methoxy groups -OCH3 is 1. The molecular formula is C14H16ClN3O5. The maximum atomic E-state index is 12.3. The van der Waals surface area contributed by atoms with Crippen molar-refractivity contribution >= 4 is 29.3 Å². The van der Waals surface area contributed by atoms with Crippen LogP contribution in [0.25, 0.3) is 0 Å². The van der Waals surface area contributed by atoms with E-state index in [0.717, 1.165) is 12.5 Å². The molecule has 1 atom stereocenters. The largest absolute Gasteiger partial charge is 0.453 e. The molecule has 2 rings (SSSR count). The highest BCUT2D eigenvalue weighted by Gasteiger charge is 2.26. The number of nitrogens with one attached hydrogen (secondary N) is 1. The molecule has 0 radical (unpaired) electrons. The molecule has 0 spiro atoms. The number of nitrogens with zero attached hydrogens (tertiary/aromatic N) is 2. The first-order valence-electron chi connectivity index (χ1n) is 7.00. The number of amides is 2. The molecule has 1 aliphatic heterocycles. The molecule has 2 amide bonds. The highest BCUT2D eigenvalue weighted by atomic mass is 35.5. The second kappa shape index (κ2) is 7.28. The van der Waals surface area contributed by atoms with E-state index >= 15 is 0 Å². The number of rotatable bonds is 3. The number of nitro benzene ring substituents is 1. The fourth-order valence-electron chi connectivity index (χ4n) is 2.45.